The first kappa shape index (κ1) is 7.78. The summed E-state index contributed by atoms with van der Waals surface area (Å²) in [7, 11) is 0. The molecule has 0 N–H and O–H groups in total. The van der Waals surface area contributed by atoms with Gasteiger partial charge in [0.05, 0.1) is 0 Å². The van der Waals surface area contributed by atoms with Gasteiger partial charge in [-0.15, -0.1) is 0 Å². The maximum atomic E-state index is 12.9. The Bertz CT molecular complexity index is 291. The van der Waals surface area contributed by atoms with Crippen molar-refractivity contribution in [3.05, 3.63) is 35.1 Å². The number of hydrogen-bond acceptors (Lipinski definition) is 0. The first-order valence-electron chi connectivity index (χ1n) is 4.55. The third-order valence-corrected chi connectivity index (χ3v) is 2.72. The van der Waals surface area contributed by atoms with E-state index in [0.717, 1.165) is 6.42 Å². The highest BCUT2D eigenvalue weighted by Crippen LogP contribution is 2.31. The van der Waals surface area contributed by atoms with Crippen molar-refractivity contribution >= 4 is 0 Å². The fourth-order valence-electron chi connectivity index (χ4n) is 2.01. The van der Waals surface area contributed by atoms with Crippen LogP contribution < -0.4 is 0 Å². The summed E-state index contributed by atoms with van der Waals surface area (Å²) in [5, 5.41) is 0. The number of rotatable bonds is 0. The molecule has 0 saturated heterocycles. The van der Waals surface area contributed by atoms with E-state index in [1.807, 2.05) is 6.07 Å². The van der Waals surface area contributed by atoms with Gasteiger partial charge in [-0.25, -0.2) is 4.39 Å². The maximum Gasteiger partial charge on any atom is 0.123 e. The van der Waals surface area contributed by atoms with Gasteiger partial charge >= 0.3 is 0 Å². The normalized spacial score (nSPS) is 22.0. The van der Waals surface area contributed by atoms with Crippen molar-refractivity contribution in [2.45, 2.75) is 32.1 Å². The fraction of sp³-hybridized carbons (Fsp3) is 0.455. The highest BCUT2D eigenvalue weighted by molar-refractivity contribution is 5.32. The zero-order valence-electron chi connectivity index (χ0n) is 7.31. The first-order chi connectivity index (χ1) is 5.77. The summed E-state index contributed by atoms with van der Waals surface area (Å²) in [6, 6.07) is 5.19. The molecule has 0 spiro atoms. The largest absolute Gasteiger partial charge is 0.207 e. The second kappa shape index (κ2) is 2.89. The van der Waals surface area contributed by atoms with Crippen molar-refractivity contribution in [2.75, 3.05) is 0 Å². The van der Waals surface area contributed by atoms with Crippen LogP contribution in [0, 0.1) is 5.82 Å². The van der Waals surface area contributed by atoms with Crippen LogP contribution in [0.15, 0.2) is 18.2 Å². The molecular weight excluding hydrogens is 151 g/mol. The summed E-state index contributed by atoms with van der Waals surface area (Å²) in [6.07, 6.45) is 3.58. The number of fused-ring (bicyclic) bond motifs is 1. The van der Waals surface area contributed by atoms with Crippen LogP contribution in [0.25, 0.3) is 0 Å². The maximum absolute atomic E-state index is 12.9. The standard InChI is InChI=1S/C11H13F/c1-8-3-2-4-9-5-6-10(12)7-11(8)9/h5-8H,2-4H2,1H3/t8-/m0/s1. The van der Waals surface area contributed by atoms with Crippen LogP contribution in [-0.2, 0) is 6.42 Å². The molecule has 0 amide bonds. The third kappa shape index (κ3) is 1.24. The van der Waals surface area contributed by atoms with Crippen LogP contribution in [0.1, 0.15) is 36.8 Å². The van der Waals surface area contributed by atoms with Crippen LogP contribution in [0.4, 0.5) is 4.39 Å². The minimum absolute atomic E-state index is 0.0949. The van der Waals surface area contributed by atoms with Crippen LogP contribution in [0.5, 0.6) is 0 Å². The Hall–Kier alpha value is -0.850. The zero-order valence-corrected chi connectivity index (χ0v) is 7.31. The molecule has 1 aliphatic carbocycles. The lowest BCUT2D eigenvalue weighted by Gasteiger charge is -2.21. The highest BCUT2D eigenvalue weighted by atomic mass is 19.1. The Morgan fingerprint density at radius 2 is 2.25 bits per heavy atom. The Balaban J connectivity index is 2.47. The number of halogens is 1. The van der Waals surface area contributed by atoms with Gasteiger partial charge in [0.25, 0.3) is 0 Å². The first-order valence-corrected chi connectivity index (χ1v) is 4.55. The molecule has 0 heterocycles. The van der Waals surface area contributed by atoms with E-state index < -0.39 is 0 Å². The molecule has 1 aromatic rings. The van der Waals surface area contributed by atoms with E-state index in [1.165, 1.54) is 24.0 Å². The topological polar surface area (TPSA) is 0 Å². The lowest BCUT2D eigenvalue weighted by Crippen LogP contribution is -2.06. The number of aryl methyl sites for hydroxylation is 1. The molecule has 1 heteroatoms. The summed E-state index contributed by atoms with van der Waals surface area (Å²) in [5.74, 6) is 0.451. The molecule has 0 bridgehead atoms. The Morgan fingerprint density at radius 1 is 1.42 bits per heavy atom. The van der Waals surface area contributed by atoms with Crippen LogP contribution in [-0.4, -0.2) is 0 Å². The average Bonchev–Trinajstić information content (AvgIpc) is 2.07. The lowest BCUT2D eigenvalue weighted by molar-refractivity contribution is 0.572. The van der Waals surface area contributed by atoms with Gasteiger partial charge in [0.1, 0.15) is 5.82 Å². The predicted octanol–water partition coefficient (Wildman–Crippen LogP) is 3.27. The molecule has 0 unspecified atom stereocenters. The molecule has 0 aromatic heterocycles. The van der Waals surface area contributed by atoms with E-state index in [0.29, 0.717) is 5.92 Å². The lowest BCUT2D eigenvalue weighted by atomic mass is 9.84. The minimum atomic E-state index is -0.0949. The van der Waals surface area contributed by atoms with Crippen molar-refractivity contribution in [1.82, 2.24) is 0 Å². The van der Waals surface area contributed by atoms with E-state index in [-0.39, 0.29) is 5.82 Å². The van der Waals surface area contributed by atoms with E-state index in [4.69, 9.17) is 0 Å². The van der Waals surface area contributed by atoms with Gasteiger partial charge in [0.2, 0.25) is 0 Å². The van der Waals surface area contributed by atoms with E-state index >= 15 is 0 Å². The minimum Gasteiger partial charge on any atom is -0.207 e. The highest BCUT2D eigenvalue weighted by Gasteiger charge is 2.16. The average molecular weight is 164 g/mol. The molecule has 1 atom stereocenters. The molecule has 0 aliphatic heterocycles. The van der Waals surface area contributed by atoms with E-state index in [9.17, 15) is 4.39 Å². The summed E-state index contributed by atoms with van der Waals surface area (Å²) in [6.45, 7) is 2.18. The van der Waals surface area contributed by atoms with Crippen LogP contribution in [0.3, 0.4) is 0 Å². The van der Waals surface area contributed by atoms with Gasteiger partial charge in [0.15, 0.2) is 0 Å². The van der Waals surface area contributed by atoms with Crippen LogP contribution in [0.2, 0.25) is 0 Å². The second-order valence-electron chi connectivity index (χ2n) is 3.64. The Morgan fingerprint density at radius 3 is 3.08 bits per heavy atom. The van der Waals surface area contributed by atoms with Gasteiger partial charge in [-0.1, -0.05) is 13.0 Å². The van der Waals surface area contributed by atoms with Crippen LogP contribution >= 0.6 is 0 Å². The summed E-state index contributed by atoms with van der Waals surface area (Å²) in [5.41, 5.74) is 2.57. The van der Waals surface area contributed by atoms with Crippen molar-refractivity contribution in [1.29, 1.82) is 0 Å². The van der Waals surface area contributed by atoms with Crippen molar-refractivity contribution < 1.29 is 4.39 Å². The van der Waals surface area contributed by atoms with E-state index in [1.54, 1.807) is 12.1 Å². The van der Waals surface area contributed by atoms with Gasteiger partial charge in [0, 0.05) is 0 Å². The van der Waals surface area contributed by atoms with E-state index in [2.05, 4.69) is 6.92 Å². The van der Waals surface area contributed by atoms with Gasteiger partial charge < -0.3 is 0 Å². The number of benzene rings is 1. The van der Waals surface area contributed by atoms with Gasteiger partial charge in [-0.05, 0) is 48.4 Å². The number of hydrogen-bond donors (Lipinski definition) is 0. The summed E-state index contributed by atoms with van der Waals surface area (Å²) < 4.78 is 12.9. The molecule has 2 rings (SSSR count). The molecule has 64 valence electrons. The predicted molar refractivity (Wildman–Crippen MR) is 47.8 cm³/mol. The molecule has 1 aliphatic rings. The third-order valence-electron chi connectivity index (χ3n) is 2.72. The zero-order chi connectivity index (χ0) is 8.55. The summed E-state index contributed by atoms with van der Waals surface area (Å²) in [4.78, 5) is 0. The molecule has 0 nitrogen and oxygen atoms in total. The Kier molecular flexibility index (Phi) is 1.87. The van der Waals surface area contributed by atoms with Gasteiger partial charge in [-0.3, -0.25) is 0 Å². The molecule has 0 saturated carbocycles. The van der Waals surface area contributed by atoms with Crippen molar-refractivity contribution in [3.63, 3.8) is 0 Å². The van der Waals surface area contributed by atoms with Crippen molar-refractivity contribution in [3.8, 4) is 0 Å². The Labute approximate surface area is 72.4 Å². The molecule has 1 aromatic carbocycles. The molecule has 12 heavy (non-hydrogen) atoms. The summed E-state index contributed by atoms with van der Waals surface area (Å²) >= 11 is 0. The van der Waals surface area contributed by atoms with Gasteiger partial charge in [-0.2, -0.15) is 0 Å². The quantitative estimate of drug-likeness (QED) is 0.552. The molecule has 0 radical (unpaired) electrons. The molecular formula is C11H13F. The smallest absolute Gasteiger partial charge is 0.123 e. The fourth-order valence-corrected chi connectivity index (χ4v) is 2.01. The SMILES string of the molecule is C[C@H]1CCCc2ccc(F)cc21. The van der Waals surface area contributed by atoms with Crippen molar-refractivity contribution in [2.24, 2.45) is 0 Å². The monoisotopic (exact) mass is 164 g/mol. The molecule has 0 fully saturated rings. The second-order valence-corrected chi connectivity index (χ2v) is 3.64.